The minimum Gasteiger partial charge on any atom is -0.351 e. The highest BCUT2D eigenvalue weighted by Crippen LogP contribution is 2.28. The highest BCUT2D eigenvalue weighted by atomic mass is 32.2. The molecule has 1 N–H and O–H groups in total. The second-order valence-electron chi connectivity index (χ2n) is 5.42. The van der Waals surface area contributed by atoms with E-state index in [4.69, 9.17) is 4.52 Å². The van der Waals surface area contributed by atoms with Gasteiger partial charge in [-0.15, -0.1) is 11.8 Å². The number of nitrogens with zero attached hydrogens (tertiary/aromatic N) is 3. The maximum absolute atomic E-state index is 12.1. The minimum atomic E-state index is -0.0535. The van der Waals surface area contributed by atoms with Crippen molar-refractivity contribution in [2.45, 2.75) is 23.4 Å². The second kappa shape index (κ2) is 8.86. The number of rotatable bonds is 7. The van der Waals surface area contributed by atoms with Gasteiger partial charge in [0.1, 0.15) is 5.03 Å². The number of carbonyl (C=O) groups is 1. The zero-order valence-corrected chi connectivity index (χ0v) is 16.1. The van der Waals surface area contributed by atoms with E-state index in [-0.39, 0.29) is 11.7 Å². The Labute approximate surface area is 160 Å². The van der Waals surface area contributed by atoms with E-state index in [2.05, 4.69) is 20.4 Å². The number of hydrogen-bond donors (Lipinski definition) is 1. The molecule has 1 amide bonds. The first kappa shape index (κ1) is 18.5. The van der Waals surface area contributed by atoms with Gasteiger partial charge < -0.3 is 9.84 Å². The molecule has 0 aliphatic carbocycles. The lowest BCUT2D eigenvalue weighted by molar-refractivity contribution is -0.118. The van der Waals surface area contributed by atoms with Crippen LogP contribution in [0.2, 0.25) is 0 Å². The molecule has 3 aromatic rings. The summed E-state index contributed by atoms with van der Waals surface area (Å²) in [6, 6.07) is 11.8. The Morgan fingerprint density at radius 3 is 2.73 bits per heavy atom. The summed E-state index contributed by atoms with van der Waals surface area (Å²) in [4.78, 5) is 21.9. The second-order valence-corrected chi connectivity index (χ2v) is 7.26. The molecule has 0 radical (unpaired) electrons. The molecular formula is C18H18N4O2S2. The van der Waals surface area contributed by atoms with Gasteiger partial charge in [0.25, 0.3) is 5.89 Å². The average Bonchev–Trinajstić information content (AvgIpc) is 3.11. The Kier molecular flexibility index (Phi) is 6.30. The third-order valence-electron chi connectivity index (χ3n) is 3.52. The number of thioether (sulfide) groups is 2. The third kappa shape index (κ3) is 4.86. The Bertz CT molecular complexity index is 881. The summed E-state index contributed by atoms with van der Waals surface area (Å²) in [5.74, 6) is 1.18. The predicted octanol–water partition coefficient (Wildman–Crippen LogP) is 3.57. The van der Waals surface area contributed by atoms with Crippen LogP contribution in [0.4, 0.5) is 0 Å². The first-order valence-corrected chi connectivity index (χ1v) is 10.1. The van der Waals surface area contributed by atoms with Crippen LogP contribution in [0.15, 0.2) is 57.0 Å². The van der Waals surface area contributed by atoms with Gasteiger partial charge >= 0.3 is 0 Å². The molecule has 0 saturated heterocycles. The van der Waals surface area contributed by atoms with Crippen LogP contribution in [0.3, 0.4) is 0 Å². The number of aryl methyl sites for hydroxylation is 1. The first-order chi connectivity index (χ1) is 12.7. The molecule has 3 rings (SSSR count). The Balaban J connectivity index is 1.56. The van der Waals surface area contributed by atoms with Crippen LogP contribution >= 0.6 is 23.5 Å². The van der Waals surface area contributed by atoms with Crippen LogP contribution in [0.25, 0.3) is 11.5 Å². The van der Waals surface area contributed by atoms with Gasteiger partial charge in [0.15, 0.2) is 5.82 Å². The highest BCUT2D eigenvalue weighted by molar-refractivity contribution is 8.00. The summed E-state index contributed by atoms with van der Waals surface area (Å²) in [5.41, 5.74) is 1.81. The Morgan fingerprint density at radius 1 is 1.23 bits per heavy atom. The molecule has 8 heteroatoms. The van der Waals surface area contributed by atoms with Crippen molar-refractivity contribution in [2.24, 2.45) is 0 Å². The number of amides is 1. The van der Waals surface area contributed by atoms with Crippen molar-refractivity contribution in [3.63, 3.8) is 0 Å². The van der Waals surface area contributed by atoms with E-state index in [0.717, 1.165) is 11.1 Å². The molecule has 1 aromatic carbocycles. The molecule has 0 fully saturated rings. The van der Waals surface area contributed by atoms with E-state index < -0.39 is 0 Å². The van der Waals surface area contributed by atoms with E-state index >= 15 is 0 Å². The van der Waals surface area contributed by atoms with E-state index in [1.165, 1.54) is 16.7 Å². The fourth-order valence-corrected chi connectivity index (χ4v) is 3.43. The first-order valence-electron chi connectivity index (χ1n) is 7.94. The Morgan fingerprint density at radius 2 is 2.04 bits per heavy atom. The number of carbonyl (C=O) groups excluding carboxylic acids is 1. The van der Waals surface area contributed by atoms with Crippen molar-refractivity contribution in [3.05, 3.63) is 54.0 Å². The fourth-order valence-electron chi connectivity index (χ4n) is 2.20. The lowest BCUT2D eigenvalue weighted by Gasteiger charge is -2.07. The maximum Gasteiger partial charge on any atom is 0.260 e. The molecule has 0 atom stereocenters. The van der Waals surface area contributed by atoms with Crippen molar-refractivity contribution in [3.8, 4) is 11.5 Å². The van der Waals surface area contributed by atoms with Gasteiger partial charge in [-0.2, -0.15) is 4.98 Å². The zero-order chi connectivity index (χ0) is 18.4. The summed E-state index contributed by atoms with van der Waals surface area (Å²) < 4.78 is 5.21. The smallest absolute Gasteiger partial charge is 0.260 e. The summed E-state index contributed by atoms with van der Waals surface area (Å²) in [5, 5.41) is 7.42. The van der Waals surface area contributed by atoms with Crippen LogP contribution in [-0.4, -0.2) is 33.0 Å². The van der Waals surface area contributed by atoms with Crippen molar-refractivity contribution < 1.29 is 9.32 Å². The van der Waals surface area contributed by atoms with Crippen molar-refractivity contribution >= 4 is 29.4 Å². The largest absolute Gasteiger partial charge is 0.351 e. The van der Waals surface area contributed by atoms with Crippen molar-refractivity contribution in [1.29, 1.82) is 0 Å². The van der Waals surface area contributed by atoms with Crippen LogP contribution in [0.1, 0.15) is 11.4 Å². The van der Waals surface area contributed by atoms with Gasteiger partial charge in [0.05, 0.1) is 11.3 Å². The maximum atomic E-state index is 12.1. The Hall–Kier alpha value is -2.32. The normalized spacial score (nSPS) is 10.7. The summed E-state index contributed by atoms with van der Waals surface area (Å²) in [6.45, 7) is 2.27. The fraction of sp³-hybridized carbons (Fsp3) is 0.222. The van der Waals surface area contributed by atoms with Crippen LogP contribution in [0.5, 0.6) is 0 Å². The quantitative estimate of drug-likeness (QED) is 0.622. The molecule has 0 unspecified atom stereocenters. The molecular weight excluding hydrogens is 368 g/mol. The number of pyridine rings is 1. The molecule has 2 aromatic heterocycles. The van der Waals surface area contributed by atoms with Gasteiger partial charge in [-0.25, -0.2) is 4.98 Å². The molecule has 2 heterocycles. The van der Waals surface area contributed by atoms with E-state index in [1.807, 2.05) is 36.6 Å². The van der Waals surface area contributed by atoms with Crippen molar-refractivity contribution in [2.75, 3.05) is 12.0 Å². The lowest BCUT2D eigenvalue weighted by atomic mass is 10.2. The molecule has 26 heavy (non-hydrogen) atoms. The van der Waals surface area contributed by atoms with Crippen LogP contribution in [0, 0.1) is 6.92 Å². The standard InChI is InChI=1S/C18H18N4O2S2/c1-12-21-17(24-22-12)15-4-3-9-19-18(15)26-11-16(23)20-10-13-5-7-14(25-2)8-6-13/h3-9H,10-11H2,1-2H3,(H,20,23). The van der Waals surface area contributed by atoms with Crippen LogP contribution < -0.4 is 5.32 Å². The zero-order valence-electron chi connectivity index (χ0n) is 14.4. The number of hydrogen-bond acceptors (Lipinski definition) is 7. The number of benzene rings is 1. The minimum absolute atomic E-state index is 0.0535. The van der Waals surface area contributed by atoms with E-state index in [9.17, 15) is 4.79 Å². The van der Waals surface area contributed by atoms with E-state index in [0.29, 0.717) is 23.3 Å². The number of aromatic nitrogens is 3. The average molecular weight is 387 g/mol. The van der Waals surface area contributed by atoms with Gasteiger partial charge in [-0.3, -0.25) is 4.79 Å². The molecule has 0 aliphatic rings. The predicted molar refractivity (Wildman–Crippen MR) is 103 cm³/mol. The monoisotopic (exact) mass is 386 g/mol. The summed E-state index contributed by atoms with van der Waals surface area (Å²) in [7, 11) is 0. The molecule has 0 spiro atoms. The van der Waals surface area contributed by atoms with E-state index in [1.54, 1.807) is 30.9 Å². The lowest BCUT2D eigenvalue weighted by Crippen LogP contribution is -2.24. The highest BCUT2D eigenvalue weighted by Gasteiger charge is 2.14. The van der Waals surface area contributed by atoms with Crippen molar-refractivity contribution in [1.82, 2.24) is 20.4 Å². The molecule has 0 aliphatic heterocycles. The topological polar surface area (TPSA) is 80.9 Å². The molecule has 0 bridgehead atoms. The van der Waals surface area contributed by atoms with Gasteiger partial charge in [-0.05, 0) is 43.0 Å². The SMILES string of the molecule is CSc1ccc(CNC(=O)CSc2ncccc2-c2nc(C)no2)cc1. The van der Waals surface area contributed by atoms with Gasteiger partial charge in [-0.1, -0.05) is 29.1 Å². The number of nitrogens with one attached hydrogen (secondary N) is 1. The summed E-state index contributed by atoms with van der Waals surface area (Å²) in [6.07, 6.45) is 3.72. The molecule has 6 nitrogen and oxygen atoms in total. The van der Waals surface area contributed by atoms with Gasteiger partial charge in [0.2, 0.25) is 5.91 Å². The summed E-state index contributed by atoms with van der Waals surface area (Å²) >= 11 is 3.04. The van der Waals surface area contributed by atoms with Gasteiger partial charge in [0, 0.05) is 17.6 Å². The third-order valence-corrected chi connectivity index (χ3v) is 5.27. The molecule has 0 saturated carbocycles. The molecule has 134 valence electrons. The van der Waals surface area contributed by atoms with Crippen LogP contribution in [-0.2, 0) is 11.3 Å².